The zero-order valence-electron chi connectivity index (χ0n) is 20.2. The Morgan fingerprint density at radius 1 is 1.31 bits per heavy atom. The number of methoxy groups -OCH3 is 1. The van der Waals surface area contributed by atoms with Gasteiger partial charge >= 0.3 is 0 Å². The lowest BCUT2D eigenvalue weighted by Gasteiger charge is -2.15. The highest BCUT2D eigenvalue weighted by Crippen LogP contribution is 2.37. The lowest BCUT2D eigenvalue weighted by molar-refractivity contribution is 0.192. The van der Waals surface area contributed by atoms with Gasteiger partial charge in [0.2, 0.25) is 5.88 Å². The molecule has 35 heavy (non-hydrogen) atoms. The third-order valence-corrected chi connectivity index (χ3v) is 5.78. The molecule has 1 aliphatic rings. The molecule has 4 rings (SSSR count). The van der Waals surface area contributed by atoms with Crippen LogP contribution in [0.4, 0.5) is 4.39 Å². The van der Waals surface area contributed by atoms with E-state index in [9.17, 15) is 9.50 Å². The first-order valence-corrected chi connectivity index (χ1v) is 11.3. The summed E-state index contributed by atoms with van der Waals surface area (Å²) < 4.78 is 27.7. The zero-order chi connectivity index (χ0) is 25.1. The van der Waals surface area contributed by atoms with Crippen LogP contribution < -0.4 is 10.5 Å². The van der Waals surface area contributed by atoms with E-state index in [1.165, 1.54) is 13.2 Å². The first kappa shape index (κ1) is 24.3. The summed E-state index contributed by atoms with van der Waals surface area (Å²) in [5, 5.41) is 10.2. The van der Waals surface area contributed by atoms with Crippen LogP contribution in [0.5, 0.6) is 5.88 Å². The Balaban J connectivity index is 1.63. The van der Waals surface area contributed by atoms with E-state index in [-0.39, 0.29) is 30.1 Å². The number of benzene rings is 1. The fraction of sp³-hybridized carbons (Fsp3) is 0.360. The molecule has 0 saturated heterocycles. The highest BCUT2D eigenvalue weighted by molar-refractivity contribution is 6.25. The van der Waals surface area contributed by atoms with Crippen LogP contribution in [0, 0.1) is 11.7 Å². The minimum atomic E-state index is -0.874. The molecule has 2 heterocycles. The normalized spacial score (nSPS) is 15.5. The van der Waals surface area contributed by atoms with Gasteiger partial charge in [-0.3, -0.25) is 4.99 Å². The largest absolute Gasteiger partial charge is 0.482 e. The average molecular weight is 481 g/mol. The Bertz CT molecular complexity index is 1280. The molecule has 184 valence electrons. The van der Waals surface area contributed by atoms with Crippen molar-refractivity contribution in [2.75, 3.05) is 14.2 Å². The summed E-state index contributed by atoms with van der Waals surface area (Å²) in [6.45, 7) is 1.66. The van der Waals surface area contributed by atoms with Crippen LogP contribution in [0.3, 0.4) is 0 Å². The molecule has 1 unspecified atom stereocenters. The molecule has 0 aliphatic heterocycles. The van der Waals surface area contributed by atoms with Crippen molar-refractivity contribution < 1.29 is 19.0 Å². The second kappa shape index (κ2) is 10.2. The van der Waals surface area contributed by atoms with Crippen molar-refractivity contribution in [3.05, 3.63) is 65.4 Å². The number of ether oxygens (including phenoxy) is 2. The van der Waals surface area contributed by atoms with Crippen molar-refractivity contribution in [2.24, 2.45) is 23.7 Å². The molecule has 3 aromatic rings. The lowest BCUT2D eigenvalue weighted by atomic mass is 10.1. The number of allylic oxidation sites excluding steroid dienone is 1. The Kier molecular flexibility index (Phi) is 7.11. The van der Waals surface area contributed by atoms with Gasteiger partial charge in [0.15, 0.2) is 11.7 Å². The molecule has 1 atom stereocenters. The number of aryl methyl sites for hydroxylation is 1. The molecule has 3 N–H and O–H groups in total. The third kappa shape index (κ3) is 5.32. The monoisotopic (exact) mass is 480 g/mol. The molecular formula is C25H29FN6O3. The van der Waals surface area contributed by atoms with Gasteiger partial charge < -0.3 is 24.9 Å². The van der Waals surface area contributed by atoms with Gasteiger partial charge in [-0.05, 0) is 37.5 Å². The molecular weight excluding hydrogens is 451 g/mol. The zero-order valence-corrected chi connectivity index (χ0v) is 20.2. The van der Waals surface area contributed by atoms with Gasteiger partial charge in [-0.15, -0.1) is 0 Å². The summed E-state index contributed by atoms with van der Waals surface area (Å²) in [4.78, 5) is 17.6. The van der Waals surface area contributed by atoms with Gasteiger partial charge in [-0.25, -0.2) is 14.4 Å². The Morgan fingerprint density at radius 3 is 2.66 bits per heavy atom. The molecule has 9 nitrogen and oxygen atoms in total. The van der Waals surface area contributed by atoms with Gasteiger partial charge in [0.05, 0.1) is 30.2 Å². The van der Waals surface area contributed by atoms with Crippen molar-refractivity contribution >= 4 is 11.3 Å². The summed E-state index contributed by atoms with van der Waals surface area (Å²) in [7, 11) is 4.96. The van der Waals surface area contributed by atoms with Crippen LogP contribution in [0.25, 0.3) is 17.0 Å². The van der Waals surface area contributed by atoms with Gasteiger partial charge in [0, 0.05) is 38.5 Å². The summed E-state index contributed by atoms with van der Waals surface area (Å²) >= 11 is 0. The maximum atomic E-state index is 14.8. The first-order valence-electron chi connectivity index (χ1n) is 11.3. The molecule has 2 aromatic heterocycles. The number of nitrogens with two attached hydrogens (primary N) is 1. The number of rotatable bonds is 9. The number of imidazole rings is 1. The van der Waals surface area contributed by atoms with Crippen LogP contribution in [0.15, 0.2) is 47.5 Å². The van der Waals surface area contributed by atoms with Crippen molar-refractivity contribution in [3.8, 4) is 17.3 Å². The smallest absolute Gasteiger partial charge is 0.217 e. The van der Waals surface area contributed by atoms with Crippen molar-refractivity contribution in [1.82, 2.24) is 19.5 Å². The maximum Gasteiger partial charge on any atom is 0.217 e. The standard InChI is InChI=1S/C25H29FN6O3/c1-14(33)19-12-20(31-24(30-19)21(23(27)34-4)22(28-2)16-6-7-16)35-13-15-5-8-17(18(26)11-15)25-29-9-10-32(25)3/h5,8-12,14,16,33H,6-7,13,27H2,1-4H3. The predicted molar refractivity (Wildman–Crippen MR) is 130 cm³/mol. The summed E-state index contributed by atoms with van der Waals surface area (Å²) in [5.74, 6) is 0.995. The lowest BCUT2D eigenvalue weighted by Crippen LogP contribution is -2.17. The minimum Gasteiger partial charge on any atom is -0.482 e. The highest BCUT2D eigenvalue weighted by Gasteiger charge is 2.33. The summed E-state index contributed by atoms with van der Waals surface area (Å²) in [5.41, 5.74) is 8.76. The molecule has 1 aliphatic carbocycles. The van der Waals surface area contributed by atoms with Crippen molar-refractivity contribution in [2.45, 2.75) is 32.5 Å². The Morgan fingerprint density at radius 2 is 2.09 bits per heavy atom. The van der Waals surface area contributed by atoms with E-state index < -0.39 is 11.9 Å². The van der Waals surface area contributed by atoms with E-state index in [2.05, 4.69) is 19.9 Å². The van der Waals surface area contributed by atoms with Gasteiger partial charge in [-0.1, -0.05) is 6.07 Å². The van der Waals surface area contributed by atoms with E-state index in [1.54, 1.807) is 49.1 Å². The summed E-state index contributed by atoms with van der Waals surface area (Å²) in [6, 6.07) is 6.40. The number of aromatic nitrogens is 4. The van der Waals surface area contributed by atoms with Crippen LogP contribution in [0.1, 0.15) is 43.0 Å². The molecule has 0 spiro atoms. The van der Waals surface area contributed by atoms with Crippen LogP contribution in [0.2, 0.25) is 0 Å². The molecule has 0 radical (unpaired) electrons. The number of aliphatic hydroxyl groups is 1. The number of hydrogen-bond donors (Lipinski definition) is 2. The van der Waals surface area contributed by atoms with E-state index in [0.717, 1.165) is 18.6 Å². The number of nitrogens with zero attached hydrogens (tertiary/aromatic N) is 5. The van der Waals surface area contributed by atoms with Crippen LogP contribution in [-0.4, -0.2) is 44.5 Å². The maximum absolute atomic E-state index is 14.8. The predicted octanol–water partition coefficient (Wildman–Crippen LogP) is 3.40. The van der Waals surface area contributed by atoms with Crippen molar-refractivity contribution in [3.63, 3.8) is 0 Å². The van der Waals surface area contributed by atoms with Gasteiger partial charge in [-0.2, -0.15) is 4.98 Å². The fourth-order valence-electron chi connectivity index (χ4n) is 3.76. The quantitative estimate of drug-likeness (QED) is 0.356. The second-order valence-electron chi connectivity index (χ2n) is 8.42. The van der Waals surface area contributed by atoms with Gasteiger partial charge in [0.1, 0.15) is 23.8 Å². The van der Waals surface area contributed by atoms with E-state index in [1.807, 2.05) is 7.05 Å². The average Bonchev–Trinajstić information content (AvgIpc) is 3.60. The highest BCUT2D eigenvalue weighted by atomic mass is 19.1. The molecule has 1 saturated carbocycles. The van der Waals surface area contributed by atoms with Crippen LogP contribution >= 0.6 is 0 Å². The molecule has 1 fully saturated rings. The first-order chi connectivity index (χ1) is 16.8. The number of aliphatic hydroxyl groups excluding tert-OH is 1. The van der Waals surface area contributed by atoms with Gasteiger partial charge in [0.25, 0.3) is 0 Å². The molecule has 0 bridgehead atoms. The Labute approximate surface area is 203 Å². The second-order valence-corrected chi connectivity index (χ2v) is 8.42. The minimum absolute atomic E-state index is 0.0592. The number of hydrogen-bond acceptors (Lipinski definition) is 8. The summed E-state index contributed by atoms with van der Waals surface area (Å²) in [6.07, 6.45) is 4.49. The fourth-order valence-corrected chi connectivity index (χ4v) is 3.76. The number of halogens is 1. The topological polar surface area (TPSA) is 121 Å². The van der Waals surface area contributed by atoms with Crippen molar-refractivity contribution in [1.29, 1.82) is 0 Å². The Hall–Kier alpha value is -3.79. The third-order valence-electron chi connectivity index (χ3n) is 5.78. The van der Waals surface area contributed by atoms with E-state index in [0.29, 0.717) is 28.2 Å². The number of aliphatic imine (C=N–C) groups is 1. The molecule has 0 amide bonds. The molecule has 1 aromatic carbocycles. The SMILES string of the molecule is CN=C(C(=C(N)OC)c1nc(OCc2ccc(-c3nccn3C)c(F)c2)cc(C(C)O)n1)C1CC1. The van der Waals surface area contributed by atoms with E-state index in [4.69, 9.17) is 15.2 Å². The van der Waals surface area contributed by atoms with Crippen LogP contribution in [-0.2, 0) is 18.4 Å². The molecule has 10 heteroatoms. The van der Waals surface area contributed by atoms with E-state index >= 15 is 0 Å².